The first-order chi connectivity index (χ1) is 16.1. The molecule has 1 aromatic carbocycles. The number of hydrogen-bond donors (Lipinski definition) is 1. The standard InChI is InChI=1S/C24H28F4N6/c1-14(17-6-5-7-20(22(17)25)24(26,27)28)30-23-18-12-21(29-13-19(18)15(2)31-32-23)34(4)16-8-10-33(3)11-9-16/h5-7,12-14,16H,8-11H2,1-4H3,(H,30,32)/t14-/m1/s1. The molecular weight excluding hydrogens is 448 g/mol. The van der Waals surface area contributed by atoms with Crippen molar-refractivity contribution in [3.05, 3.63) is 53.1 Å². The molecule has 6 nitrogen and oxygen atoms in total. The van der Waals surface area contributed by atoms with E-state index >= 15 is 0 Å². The van der Waals surface area contributed by atoms with E-state index in [0.717, 1.165) is 48.6 Å². The van der Waals surface area contributed by atoms with Gasteiger partial charge in [-0.2, -0.15) is 18.3 Å². The Morgan fingerprint density at radius 2 is 1.85 bits per heavy atom. The van der Waals surface area contributed by atoms with E-state index in [-0.39, 0.29) is 5.56 Å². The van der Waals surface area contributed by atoms with Crippen molar-refractivity contribution >= 4 is 22.4 Å². The van der Waals surface area contributed by atoms with Crippen LogP contribution in [0.2, 0.25) is 0 Å². The van der Waals surface area contributed by atoms with Crippen molar-refractivity contribution in [1.82, 2.24) is 20.1 Å². The van der Waals surface area contributed by atoms with Crippen LogP contribution in [0.15, 0.2) is 30.5 Å². The van der Waals surface area contributed by atoms with Crippen molar-refractivity contribution in [3.63, 3.8) is 0 Å². The lowest BCUT2D eigenvalue weighted by molar-refractivity contribution is -0.140. The fourth-order valence-corrected chi connectivity index (χ4v) is 4.42. The molecule has 0 spiro atoms. The van der Waals surface area contributed by atoms with Gasteiger partial charge in [0, 0.05) is 35.6 Å². The van der Waals surface area contributed by atoms with Crippen LogP contribution in [0.3, 0.4) is 0 Å². The average Bonchev–Trinajstić information content (AvgIpc) is 2.80. The first kappa shape index (κ1) is 24.1. The largest absolute Gasteiger partial charge is 0.419 e. The fraction of sp³-hybridized carbons (Fsp3) is 0.458. The van der Waals surface area contributed by atoms with Gasteiger partial charge in [0.2, 0.25) is 0 Å². The fourth-order valence-electron chi connectivity index (χ4n) is 4.42. The highest BCUT2D eigenvalue weighted by atomic mass is 19.4. The lowest BCUT2D eigenvalue weighted by atomic mass is 10.0. The Morgan fingerprint density at radius 1 is 1.15 bits per heavy atom. The Balaban J connectivity index is 1.67. The summed E-state index contributed by atoms with van der Waals surface area (Å²) in [6.45, 7) is 5.44. The number of hydrogen-bond acceptors (Lipinski definition) is 6. The van der Waals surface area contributed by atoms with Crippen LogP contribution in [-0.4, -0.2) is 53.3 Å². The van der Waals surface area contributed by atoms with Gasteiger partial charge in [0.1, 0.15) is 11.6 Å². The summed E-state index contributed by atoms with van der Waals surface area (Å²) < 4.78 is 54.2. The number of nitrogens with one attached hydrogen (secondary N) is 1. The zero-order valence-corrected chi connectivity index (χ0v) is 19.6. The van der Waals surface area contributed by atoms with Gasteiger partial charge in [-0.3, -0.25) is 0 Å². The van der Waals surface area contributed by atoms with Gasteiger partial charge in [-0.05, 0) is 59.0 Å². The molecule has 2 aromatic heterocycles. The van der Waals surface area contributed by atoms with Crippen LogP contribution in [-0.2, 0) is 6.18 Å². The maximum atomic E-state index is 14.7. The molecule has 1 N–H and O–H groups in total. The minimum absolute atomic E-state index is 0.0944. The van der Waals surface area contributed by atoms with Crippen molar-refractivity contribution in [2.45, 2.75) is 44.9 Å². The number of aryl methyl sites for hydroxylation is 1. The lowest BCUT2D eigenvalue weighted by Gasteiger charge is -2.35. The molecular formula is C24H28F4N6. The SMILES string of the molecule is Cc1nnc(N[C@H](C)c2cccc(C(F)(F)F)c2F)c2cc(N(C)C3CCN(C)CC3)ncc12. The number of halogens is 4. The van der Waals surface area contributed by atoms with Gasteiger partial charge in [-0.25, -0.2) is 9.37 Å². The van der Waals surface area contributed by atoms with Crippen molar-refractivity contribution in [2.75, 3.05) is 37.4 Å². The van der Waals surface area contributed by atoms with Crippen molar-refractivity contribution in [1.29, 1.82) is 0 Å². The number of nitrogens with zero attached hydrogens (tertiary/aromatic N) is 5. The minimum atomic E-state index is -4.77. The number of rotatable bonds is 5. The molecule has 34 heavy (non-hydrogen) atoms. The molecule has 0 unspecified atom stereocenters. The van der Waals surface area contributed by atoms with Gasteiger partial charge in [-0.1, -0.05) is 12.1 Å². The number of likely N-dealkylation sites (tertiary alicyclic amines) is 1. The highest BCUT2D eigenvalue weighted by Gasteiger charge is 2.35. The van der Waals surface area contributed by atoms with Crippen molar-refractivity contribution in [2.24, 2.45) is 0 Å². The highest BCUT2D eigenvalue weighted by Crippen LogP contribution is 2.35. The molecule has 1 atom stereocenters. The molecule has 10 heteroatoms. The van der Waals surface area contributed by atoms with Gasteiger partial charge in [0.05, 0.1) is 17.3 Å². The van der Waals surface area contributed by atoms with Gasteiger partial charge in [0.15, 0.2) is 5.82 Å². The predicted octanol–water partition coefficient (Wildman–Crippen LogP) is 5.19. The normalized spacial score (nSPS) is 16.6. The number of pyridine rings is 1. The Morgan fingerprint density at radius 3 is 2.53 bits per heavy atom. The molecule has 182 valence electrons. The van der Waals surface area contributed by atoms with Crippen LogP contribution in [0.25, 0.3) is 10.8 Å². The van der Waals surface area contributed by atoms with E-state index in [2.05, 4.69) is 37.3 Å². The summed E-state index contributed by atoms with van der Waals surface area (Å²) in [5.74, 6) is -0.149. The van der Waals surface area contributed by atoms with E-state index in [1.807, 2.05) is 20.0 Å². The second kappa shape index (κ2) is 9.32. The number of alkyl halides is 3. The summed E-state index contributed by atoms with van der Waals surface area (Å²) in [6, 6.07) is 4.78. The number of benzene rings is 1. The van der Waals surface area contributed by atoms with Crippen molar-refractivity contribution in [3.8, 4) is 0 Å². The molecule has 3 heterocycles. The zero-order valence-electron chi connectivity index (χ0n) is 19.6. The van der Waals surface area contributed by atoms with Crippen LogP contribution < -0.4 is 10.2 Å². The topological polar surface area (TPSA) is 57.2 Å². The Labute approximate surface area is 196 Å². The first-order valence-corrected chi connectivity index (χ1v) is 11.2. The number of fused-ring (bicyclic) bond motifs is 1. The van der Waals surface area contributed by atoms with E-state index in [9.17, 15) is 17.6 Å². The first-order valence-electron chi connectivity index (χ1n) is 11.2. The molecule has 0 amide bonds. The van der Waals surface area contributed by atoms with E-state index in [0.29, 0.717) is 17.6 Å². The van der Waals surface area contributed by atoms with E-state index in [1.165, 1.54) is 12.1 Å². The molecule has 1 saturated heterocycles. The van der Waals surface area contributed by atoms with Crippen molar-refractivity contribution < 1.29 is 17.6 Å². The lowest BCUT2D eigenvalue weighted by Crippen LogP contribution is -2.42. The van der Waals surface area contributed by atoms with Gasteiger partial charge < -0.3 is 15.1 Å². The monoisotopic (exact) mass is 476 g/mol. The predicted molar refractivity (Wildman–Crippen MR) is 124 cm³/mol. The van der Waals surface area contributed by atoms with Crippen LogP contribution in [0, 0.1) is 12.7 Å². The van der Waals surface area contributed by atoms with Crippen LogP contribution in [0.5, 0.6) is 0 Å². The molecule has 0 aliphatic carbocycles. The second-order valence-electron chi connectivity index (χ2n) is 8.94. The molecule has 0 bridgehead atoms. The van der Waals surface area contributed by atoms with E-state index in [1.54, 1.807) is 13.1 Å². The summed E-state index contributed by atoms with van der Waals surface area (Å²) in [7, 11) is 4.12. The maximum absolute atomic E-state index is 14.7. The number of aromatic nitrogens is 3. The van der Waals surface area contributed by atoms with Crippen LogP contribution in [0.4, 0.5) is 29.2 Å². The third kappa shape index (κ3) is 4.77. The van der Waals surface area contributed by atoms with E-state index < -0.39 is 23.6 Å². The average molecular weight is 477 g/mol. The molecule has 4 rings (SSSR count). The Hall–Kier alpha value is -3.01. The van der Waals surface area contributed by atoms with Gasteiger partial charge in [-0.15, -0.1) is 5.10 Å². The van der Waals surface area contributed by atoms with Gasteiger partial charge in [0.25, 0.3) is 0 Å². The van der Waals surface area contributed by atoms with E-state index in [4.69, 9.17) is 0 Å². The molecule has 1 fully saturated rings. The Kier molecular flexibility index (Phi) is 6.62. The molecule has 1 aliphatic rings. The molecule has 3 aromatic rings. The number of anilines is 2. The van der Waals surface area contributed by atoms with Crippen LogP contribution in [0.1, 0.15) is 42.6 Å². The number of piperidine rings is 1. The summed E-state index contributed by atoms with van der Waals surface area (Å²) in [6.07, 6.45) is -0.981. The molecule has 1 aliphatic heterocycles. The summed E-state index contributed by atoms with van der Waals surface area (Å²) in [5.41, 5.74) is -0.702. The smallest absolute Gasteiger partial charge is 0.361 e. The third-order valence-corrected chi connectivity index (χ3v) is 6.59. The summed E-state index contributed by atoms with van der Waals surface area (Å²) in [5, 5.41) is 13.0. The summed E-state index contributed by atoms with van der Waals surface area (Å²) >= 11 is 0. The Bertz CT molecular complexity index is 1170. The van der Waals surface area contributed by atoms with Crippen LogP contribution >= 0.6 is 0 Å². The minimum Gasteiger partial charge on any atom is -0.361 e. The molecule has 0 saturated carbocycles. The highest BCUT2D eigenvalue weighted by molar-refractivity contribution is 5.94. The zero-order chi connectivity index (χ0) is 24.6. The second-order valence-corrected chi connectivity index (χ2v) is 8.94. The van der Waals surface area contributed by atoms with Gasteiger partial charge >= 0.3 is 6.18 Å². The molecule has 0 radical (unpaired) electrons. The maximum Gasteiger partial charge on any atom is 0.419 e. The third-order valence-electron chi connectivity index (χ3n) is 6.59. The quantitative estimate of drug-likeness (QED) is 0.512. The summed E-state index contributed by atoms with van der Waals surface area (Å²) in [4.78, 5) is 9.08.